The number of hydrogen-bond acceptors (Lipinski definition) is 2. The van der Waals surface area contributed by atoms with Crippen molar-refractivity contribution in [3.8, 4) is 0 Å². The maximum atomic E-state index is 12.0. The van der Waals surface area contributed by atoms with Gasteiger partial charge >= 0.3 is 0 Å². The van der Waals surface area contributed by atoms with Crippen LogP contribution in [0, 0.1) is 0 Å². The van der Waals surface area contributed by atoms with Crippen LogP contribution in [0.15, 0.2) is 53.3 Å². The number of aromatic nitrogens is 2. The number of nitrogens with zero attached hydrogens (tertiary/aromatic N) is 2. The molecule has 6 heteroatoms. The second-order valence-electron chi connectivity index (χ2n) is 5.60. The molecule has 0 spiro atoms. The summed E-state index contributed by atoms with van der Waals surface area (Å²) in [5.41, 5.74) is 2.91. The Morgan fingerprint density at radius 2 is 1.96 bits per heavy atom. The average Bonchev–Trinajstić information content (AvgIpc) is 2.97. The van der Waals surface area contributed by atoms with E-state index in [0.29, 0.717) is 13.0 Å². The number of pyridine rings is 1. The number of carbonyl (C=O) groups is 1. The lowest BCUT2D eigenvalue weighted by atomic mass is 10.1. The lowest BCUT2D eigenvalue weighted by Gasteiger charge is -2.04. The number of fused-ring (bicyclic) bond motifs is 1. The first-order valence-electron chi connectivity index (χ1n) is 7.74. The number of imidazole rings is 1. The molecule has 2 heterocycles. The van der Waals surface area contributed by atoms with Crippen LogP contribution >= 0.6 is 27.5 Å². The molecule has 3 aromatic rings. The molecular formula is C18H17BrClN3O. The monoisotopic (exact) mass is 405 g/mol. The van der Waals surface area contributed by atoms with Crippen LogP contribution in [0.5, 0.6) is 0 Å². The van der Waals surface area contributed by atoms with Gasteiger partial charge in [0.2, 0.25) is 5.91 Å². The van der Waals surface area contributed by atoms with Gasteiger partial charge in [0, 0.05) is 28.3 Å². The normalized spacial score (nSPS) is 10.9. The number of hydrogen-bond donors (Lipinski definition) is 1. The van der Waals surface area contributed by atoms with E-state index in [-0.39, 0.29) is 5.91 Å². The molecule has 1 N–H and O–H groups in total. The number of aryl methyl sites for hydroxylation is 1. The van der Waals surface area contributed by atoms with Crippen LogP contribution in [0.4, 0.5) is 0 Å². The fraction of sp³-hybridized carbons (Fsp3) is 0.222. The zero-order valence-corrected chi connectivity index (χ0v) is 15.3. The van der Waals surface area contributed by atoms with E-state index in [1.54, 1.807) is 0 Å². The highest BCUT2D eigenvalue weighted by Crippen LogP contribution is 2.13. The number of halogens is 2. The van der Waals surface area contributed by atoms with Gasteiger partial charge in [-0.1, -0.05) is 23.7 Å². The molecule has 0 saturated carbocycles. The van der Waals surface area contributed by atoms with Crippen LogP contribution in [0.3, 0.4) is 0 Å². The average molecular weight is 407 g/mol. The molecule has 3 rings (SSSR count). The van der Waals surface area contributed by atoms with Crippen LogP contribution in [0.25, 0.3) is 5.65 Å². The SMILES string of the molecule is O=C(CCCc1ccc(Cl)cc1)NCc1cn2cc(Br)ccc2n1. The molecule has 0 aliphatic heterocycles. The van der Waals surface area contributed by atoms with Crippen LogP contribution in [-0.4, -0.2) is 15.3 Å². The van der Waals surface area contributed by atoms with E-state index in [1.807, 2.05) is 53.2 Å². The summed E-state index contributed by atoms with van der Waals surface area (Å²) >= 11 is 9.29. The van der Waals surface area contributed by atoms with E-state index in [4.69, 9.17) is 11.6 Å². The Labute approximate surface area is 154 Å². The molecule has 24 heavy (non-hydrogen) atoms. The predicted octanol–water partition coefficient (Wildman–Crippen LogP) is 4.39. The van der Waals surface area contributed by atoms with E-state index in [2.05, 4.69) is 26.2 Å². The van der Waals surface area contributed by atoms with Crippen LogP contribution in [-0.2, 0) is 17.8 Å². The Morgan fingerprint density at radius 1 is 1.17 bits per heavy atom. The summed E-state index contributed by atoms with van der Waals surface area (Å²) in [5.74, 6) is 0.0437. The maximum Gasteiger partial charge on any atom is 0.220 e. The van der Waals surface area contributed by atoms with Crippen LogP contribution in [0.1, 0.15) is 24.1 Å². The van der Waals surface area contributed by atoms with Gasteiger partial charge in [-0.3, -0.25) is 4.79 Å². The van der Waals surface area contributed by atoms with E-state index in [1.165, 1.54) is 5.56 Å². The van der Waals surface area contributed by atoms with Gasteiger partial charge in [0.1, 0.15) is 5.65 Å². The lowest BCUT2D eigenvalue weighted by Crippen LogP contribution is -2.22. The fourth-order valence-electron chi connectivity index (χ4n) is 2.48. The number of rotatable bonds is 6. The highest BCUT2D eigenvalue weighted by Gasteiger charge is 2.05. The minimum atomic E-state index is 0.0437. The second-order valence-corrected chi connectivity index (χ2v) is 6.95. The molecule has 0 radical (unpaired) electrons. The van der Waals surface area contributed by atoms with Gasteiger partial charge in [-0.25, -0.2) is 4.98 Å². The number of carbonyl (C=O) groups excluding carboxylic acids is 1. The molecule has 0 bridgehead atoms. The van der Waals surface area contributed by atoms with Gasteiger partial charge in [-0.2, -0.15) is 0 Å². The molecule has 4 nitrogen and oxygen atoms in total. The highest BCUT2D eigenvalue weighted by molar-refractivity contribution is 9.10. The molecule has 0 unspecified atom stereocenters. The van der Waals surface area contributed by atoms with Crippen LogP contribution < -0.4 is 5.32 Å². The third-order valence-corrected chi connectivity index (χ3v) is 4.44. The van der Waals surface area contributed by atoms with Gasteiger partial charge in [0.05, 0.1) is 12.2 Å². The molecule has 0 aliphatic rings. The van der Waals surface area contributed by atoms with Gasteiger partial charge in [0.25, 0.3) is 0 Å². The molecule has 124 valence electrons. The summed E-state index contributed by atoms with van der Waals surface area (Å²) in [6, 6.07) is 11.6. The summed E-state index contributed by atoms with van der Waals surface area (Å²) in [6.07, 6.45) is 6.05. The lowest BCUT2D eigenvalue weighted by molar-refractivity contribution is -0.121. The molecule has 1 aromatic carbocycles. The number of benzene rings is 1. The first-order chi connectivity index (χ1) is 11.6. The van der Waals surface area contributed by atoms with Gasteiger partial charge in [0.15, 0.2) is 0 Å². The topological polar surface area (TPSA) is 46.4 Å². The molecule has 0 saturated heterocycles. The second kappa shape index (κ2) is 7.81. The number of amides is 1. The smallest absolute Gasteiger partial charge is 0.220 e. The third-order valence-electron chi connectivity index (χ3n) is 3.71. The van der Waals surface area contributed by atoms with Crippen molar-refractivity contribution in [1.29, 1.82) is 0 Å². The standard InChI is InChI=1S/C18H17BrClN3O/c19-14-6-9-17-22-16(12-23(17)11-14)10-21-18(24)3-1-2-13-4-7-15(20)8-5-13/h4-9,11-12H,1-3,10H2,(H,21,24). The van der Waals surface area contributed by atoms with E-state index in [9.17, 15) is 4.79 Å². The Balaban J connectivity index is 1.45. The Kier molecular flexibility index (Phi) is 5.53. The Hall–Kier alpha value is -1.85. The molecule has 0 aliphatic carbocycles. The maximum absolute atomic E-state index is 12.0. The summed E-state index contributed by atoms with van der Waals surface area (Å²) in [4.78, 5) is 16.4. The first kappa shape index (κ1) is 17.0. The Morgan fingerprint density at radius 3 is 2.75 bits per heavy atom. The Bertz CT molecular complexity index is 845. The molecule has 0 fully saturated rings. The minimum Gasteiger partial charge on any atom is -0.350 e. The quantitative estimate of drug-likeness (QED) is 0.660. The first-order valence-corrected chi connectivity index (χ1v) is 8.91. The van der Waals surface area contributed by atoms with Crippen molar-refractivity contribution < 1.29 is 4.79 Å². The summed E-state index contributed by atoms with van der Waals surface area (Å²) in [7, 11) is 0. The van der Waals surface area contributed by atoms with Crippen molar-refractivity contribution in [2.45, 2.75) is 25.8 Å². The summed E-state index contributed by atoms with van der Waals surface area (Å²) in [5, 5.41) is 3.65. The van der Waals surface area contributed by atoms with Gasteiger partial charge in [-0.05, 0) is 58.6 Å². The van der Waals surface area contributed by atoms with Crippen molar-refractivity contribution >= 4 is 39.1 Å². The van der Waals surface area contributed by atoms with Crippen molar-refractivity contribution in [2.75, 3.05) is 0 Å². The summed E-state index contributed by atoms with van der Waals surface area (Å²) < 4.78 is 2.93. The molecule has 1 amide bonds. The zero-order chi connectivity index (χ0) is 16.9. The molecular weight excluding hydrogens is 390 g/mol. The van der Waals surface area contributed by atoms with E-state index >= 15 is 0 Å². The van der Waals surface area contributed by atoms with Crippen molar-refractivity contribution in [2.24, 2.45) is 0 Å². The molecule has 2 aromatic heterocycles. The van der Waals surface area contributed by atoms with Crippen LogP contribution in [0.2, 0.25) is 5.02 Å². The zero-order valence-electron chi connectivity index (χ0n) is 13.0. The number of nitrogens with one attached hydrogen (secondary N) is 1. The van der Waals surface area contributed by atoms with Crippen molar-refractivity contribution in [3.05, 3.63) is 69.5 Å². The van der Waals surface area contributed by atoms with Crippen molar-refractivity contribution in [3.63, 3.8) is 0 Å². The van der Waals surface area contributed by atoms with E-state index in [0.717, 1.165) is 33.7 Å². The third kappa shape index (κ3) is 4.58. The summed E-state index contributed by atoms with van der Waals surface area (Å²) in [6.45, 7) is 0.444. The van der Waals surface area contributed by atoms with Crippen molar-refractivity contribution in [1.82, 2.24) is 14.7 Å². The highest BCUT2D eigenvalue weighted by atomic mass is 79.9. The predicted molar refractivity (Wildman–Crippen MR) is 99.1 cm³/mol. The van der Waals surface area contributed by atoms with E-state index < -0.39 is 0 Å². The largest absolute Gasteiger partial charge is 0.350 e. The minimum absolute atomic E-state index is 0.0437. The fourth-order valence-corrected chi connectivity index (χ4v) is 2.96. The van der Waals surface area contributed by atoms with Gasteiger partial charge in [-0.15, -0.1) is 0 Å². The van der Waals surface area contributed by atoms with Gasteiger partial charge < -0.3 is 9.72 Å². The molecule has 0 atom stereocenters.